The molecule has 118 valence electrons. The van der Waals surface area contributed by atoms with Crippen LogP contribution in [0.5, 0.6) is 0 Å². The number of hydrogen-bond acceptors (Lipinski definition) is 6. The zero-order chi connectivity index (χ0) is 15.3. The number of sulfonamides is 1. The summed E-state index contributed by atoms with van der Waals surface area (Å²) >= 11 is 0. The summed E-state index contributed by atoms with van der Waals surface area (Å²) in [5.74, 6) is 0.808. The molecule has 0 radical (unpaired) electrons. The summed E-state index contributed by atoms with van der Waals surface area (Å²) in [7, 11) is -3.09. The average Bonchev–Trinajstić information content (AvgIpc) is 2.48. The fourth-order valence-corrected chi connectivity index (χ4v) is 3.08. The highest BCUT2D eigenvalue weighted by atomic mass is 32.2. The van der Waals surface area contributed by atoms with Gasteiger partial charge in [0, 0.05) is 32.7 Å². The highest BCUT2D eigenvalue weighted by Crippen LogP contribution is 2.14. The number of piperazine rings is 1. The Labute approximate surface area is 126 Å². The number of hydrogen-bond donors (Lipinski definition) is 1. The van der Waals surface area contributed by atoms with E-state index in [1.807, 2.05) is 12.1 Å². The van der Waals surface area contributed by atoms with Gasteiger partial charge in [0.2, 0.25) is 10.0 Å². The summed E-state index contributed by atoms with van der Waals surface area (Å²) in [6.07, 6.45) is 2.34. The van der Waals surface area contributed by atoms with Crippen molar-refractivity contribution in [1.29, 1.82) is 0 Å². The summed E-state index contributed by atoms with van der Waals surface area (Å²) in [4.78, 5) is 2.07. The number of nitrogens with one attached hydrogen (secondary N) is 1. The third-order valence-corrected chi connectivity index (χ3v) is 4.77. The van der Waals surface area contributed by atoms with Crippen molar-refractivity contribution in [3.63, 3.8) is 0 Å². The van der Waals surface area contributed by atoms with Crippen molar-refractivity contribution in [2.24, 2.45) is 0 Å². The minimum atomic E-state index is -3.09. The van der Waals surface area contributed by atoms with E-state index >= 15 is 0 Å². The molecule has 2 rings (SSSR count). The number of aromatic nitrogens is 2. The van der Waals surface area contributed by atoms with E-state index in [4.69, 9.17) is 0 Å². The molecule has 0 amide bonds. The van der Waals surface area contributed by atoms with Crippen molar-refractivity contribution in [3.05, 3.63) is 17.8 Å². The predicted octanol–water partition coefficient (Wildman–Crippen LogP) is 0.0578. The van der Waals surface area contributed by atoms with Gasteiger partial charge in [-0.25, -0.2) is 8.42 Å². The first kappa shape index (κ1) is 16.1. The third kappa shape index (κ3) is 4.62. The Morgan fingerprint density at radius 1 is 1.19 bits per heavy atom. The summed E-state index contributed by atoms with van der Waals surface area (Å²) < 4.78 is 24.4. The molecule has 0 atom stereocenters. The Morgan fingerprint density at radius 2 is 1.90 bits per heavy atom. The number of nitrogens with zero attached hydrogens (tertiary/aromatic N) is 4. The van der Waals surface area contributed by atoms with Crippen LogP contribution >= 0.6 is 0 Å². The molecule has 0 aromatic carbocycles. The first-order valence-electron chi connectivity index (χ1n) is 7.24. The maximum absolute atomic E-state index is 11.5. The van der Waals surface area contributed by atoms with Crippen LogP contribution < -0.4 is 10.2 Å². The summed E-state index contributed by atoms with van der Waals surface area (Å²) in [6.45, 7) is 6.11. The Kier molecular flexibility index (Phi) is 5.49. The minimum Gasteiger partial charge on any atom is -0.352 e. The zero-order valence-electron chi connectivity index (χ0n) is 12.6. The van der Waals surface area contributed by atoms with Crippen molar-refractivity contribution >= 4 is 15.8 Å². The van der Waals surface area contributed by atoms with Gasteiger partial charge in [0.15, 0.2) is 5.82 Å². The highest BCUT2D eigenvalue weighted by molar-refractivity contribution is 7.88. The van der Waals surface area contributed by atoms with Gasteiger partial charge < -0.3 is 10.2 Å². The van der Waals surface area contributed by atoms with Gasteiger partial charge in [-0.05, 0) is 25.1 Å². The minimum absolute atomic E-state index is 0.500. The first-order chi connectivity index (χ1) is 10.0. The molecule has 0 spiro atoms. The van der Waals surface area contributed by atoms with E-state index in [0.29, 0.717) is 26.2 Å². The molecule has 0 bridgehead atoms. The van der Waals surface area contributed by atoms with Crippen molar-refractivity contribution in [1.82, 2.24) is 19.8 Å². The van der Waals surface area contributed by atoms with E-state index in [0.717, 1.165) is 31.0 Å². The molecular formula is C13H23N5O2S. The highest BCUT2D eigenvalue weighted by Gasteiger charge is 2.24. The lowest BCUT2D eigenvalue weighted by Gasteiger charge is -2.33. The topological polar surface area (TPSA) is 78.4 Å². The Balaban J connectivity index is 1.89. The number of rotatable bonds is 6. The second-order valence-electron chi connectivity index (χ2n) is 5.21. The smallest absolute Gasteiger partial charge is 0.211 e. The normalized spacial score (nSPS) is 17.1. The van der Waals surface area contributed by atoms with Gasteiger partial charge in [-0.1, -0.05) is 6.92 Å². The fraction of sp³-hybridized carbons (Fsp3) is 0.692. The van der Waals surface area contributed by atoms with Gasteiger partial charge in [-0.15, -0.1) is 5.10 Å². The molecular weight excluding hydrogens is 290 g/mol. The lowest BCUT2D eigenvalue weighted by molar-refractivity contribution is 0.386. The van der Waals surface area contributed by atoms with Gasteiger partial charge in [0.05, 0.1) is 11.9 Å². The fourth-order valence-electron chi connectivity index (χ4n) is 2.26. The summed E-state index contributed by atoms with van der Waals surface area (Å²) in [5.41, 5.74) is 0.918. The second kappa shape index (κ2) is 7.15. The van der Waals surface area contributed by atoms with Crippen molar-refractivity contribution in [2.45, 2.75) is 19.9 Å². The molecule has 2 heterocycles. The molecule has 21 heavy (non-hydrogen) atoms. The van der Waals surface area contributed by atoms with Gasteiger partial charge in [0.1, 0.15) is 0 Å². The molecule has 7 nitrogen and oxygen atoms in total. The molecule has 8 heteroatoms. The second-order valence-corrected chi connectivity index (χ2v) is 7.19. The Hall–Kier alpha value is -1.25. The van der Waals surface area contributed by atoms with Gasteiger partial charge in [-0.3, -0.25) is 0 Å². The van der Waals surface area contributed by atoms with Crippen molar-refractivity contribution in [3.8, 4) is 0 Å². The Bertz CT molecular complexity index is 538. The average molecular weight is 313 g/mol. The van der Waals surface area contributed by atoms with Crippen LogP contribution in [-0.4, -0.2) is 61.9 Å². The predicted molar refractivity (Wildman–Crippen MR) is 82.7 cm³/mol. The Morgan fingerprint density at radius 3 is 2.43 bits per heavy atom. The van der Waals surface area contributed by atoms with Crippen LogP contribution in [0.4, 0.5) is 5.82 Å². The van der Waals surface area contributed by atoms with Crippen LogP contribution in [0.1, 0.15) is 19.0 Å². The first-order valence-corrected chi connectivity index (χ1v) is 9.09. The van der Waals surface area contributed by atoms with E-state index in [9.17, 15) is 8.42 Å². The van der Waals surface area contributed by atoms with Crippen molar-refractivity contribution in [2.75, 3.05) is 43.9 Å². The van der Waals surface area contributed by atoms with Crippen LogP contribution in [0, 0.1) is 0 Å². The SMILES string of the molecule is CCCNCc1ccc(N2CCN(S(C)(=O)=O)CC2)nn1. The summed E-state index contributed by atoms with van der Waals surface area (Å²) in [6, 6.07) is 3.92. The van der Waals surface area contributed by atoms with Crippen molar-refractivity contribution < 1.29 is 8.42 Å². The molecule has 1 aromatic rings. The number of anilines is 1. The quantitative estimate of drug-likeness (QED) is 0.748. The van der Waals surface area contributed by atoms with Gasteiger partial charge >= 0.3 is 0 Å². The van der Waals surface area contributed by atoms with Gasteiger partial charge in [0.25, 0.3) is 0 Å². The third-order valence-electron chi connectivity index (χ3n) is 3.47. The lowest BCUT2D eigenvalue weighted by atomic mass is 10.3. The van der Waals surface area contributed by atoms with Crippen LogP contribution in [-0.2, 0) is 16.6 Å². The largest absolute Gasteiger partial charge is 0.352 e. The molecule has 0 saturated carbocycles. The maximum atomic E-state index is 11.5. The van der Waals surface area contributed by atoms with Crippen LogP contribution in [0.25, 0.3) is 0 Å². The molecule has 0 unspecified atom stereocenters. The van der Waals surface area contributed by atoms with E-state index in [2.05, 4.69) is 27.3 Å². The standard InChI is InChI=1S/C13H23N5O2S/c1-3-6-14-11-12-4-5-13(16-15-12)17-7-9-18(10-8-17)21(2,19)20/h4-5,14H,3,6-11H2,1-2H3. The van der Waals surface area contributed by atoms with Gasteiger partial charge in [-0.2, -0.15) is 9.40 Å². The molecule has 0 aliphatic carbocycles. The monoisotopic (exact) mass is 313 g/mol. The van der Waals surface area contributed by atoms with Crippen LogP contribution in [0.15, 0.2) is 12.1 Å². The van der Waals surface area contributed by atoms with E-state index in [1.165, 1.54) is 10.6 Å². The van der Waals surface area contributed by atoms with Crippen LogP contribution in [0.2, 0.25) is 0 Å². The summed E-state index contributed by atoms with van der Waals surface area (Å²) in [5, 5.41) is 11.7. The molecule has 1 aromatic heterocycles. The maximum Gasteiger partial charge on any atom is 0.211 e. The van der Waals surface area contributed by atoms with E-state index in [-0.39, 0.29) is 0 Å². The molecule has 1 N–H and O–H groups in total. The molecule has 1 aliphatic heterocycles. The molecule has 1 fully saturated rings. The molecule has 1 aliphatic rings. The van der Waals surface area contributed by atoms with E-state index in [1.54, 1.807) is 0 Å². The van der Waals surface area contributed by atoms with Crippen LogP contribution in [0.3, 0.4) is 0 Å². The molecule has 1 saturated heterocycles. The van der Waals surface area contributed by atoms with E-state index < -0.39 is 10.0 Å². The lowest BCUT2D eigenvalue weighted by Crippen LogP contribution is -2.48. The zero-order valence-corrected chi connectivity index (χ0v) is 13.4.